The van der Waals surface area contributed by atoms with Crippen LogP contribution in [-0.4, -0.2) is 16.3 Å². The molecule has 3 rings (SSSR count). The predicted octanol–water partition coefficient (Wildman–Crippen LogP) is 3.26. The highest BCUT2D eigenvalue weighted by Crippen LogP contribution is 2.31. The van der Waals surface area contributed by atoms with Crippen LogP contribution in [0, 0.1) is 0 Å². The maximum Gasteiger partial charge on any atom is 0.290 e. The summed E-state index contributed by atoms with van der Waals surface area (Å²) in [6.45, 7) is 4.84. The Balaban J connectivity index is 1.96. The summed E-state index contributed by atoms with van der Waals surface area (Å²) in [5.41, 5.74) is 2.36. The van der Waals surface area contributed by atoms with Crippen molar-refractivity contribution in [2.24, 2.45) is 0 Å². The smallest absolute Gasteiger partial charge is 0.290 e. The Morgan fingerprint density at radius 3 is 2.58 bits per heavy atom. The second-order valence-corrected chi connectivity index (χ2v) is 5.63. The van der Waals surface area contributed by atoms with Gasteiger partial charge < -0.3 is 9.32 Å². The molecule has 2 heterocycles. The van der Waals surface area contributed by atoms with E-state index in [-0.39, 0.29) is 11.4 Å². The van der Waals surface area contributed by atoms with Gasteiger partial charge in [-0.25, -0.2) is 0 Å². The number of fused-ring (bicyclic) bond motifs is 1. The molecule has 0 atom stereocenters. The summed E-state index contributed by atoms with van der Waals surface area (Å²) < 4.78 is 5.24. The third-order valence-corrected chi connectivity index (χ3v) is 3.78. The Bertz CT molecular complexity index is 599. The fourth-order valence-electron chi connectivity index (χ4n) is 2.71. The molecule has 0 radical (unpaired) electrons. The van der Waals surface area contributed by atoms with Crippen molar-refractivity contribution in [1.29, 1.82) is 0 Å². The van der Waals surface area contributed by atoms with Crippen LogP contribution in [0.25, 0.3) is 0 Å². The Labute approximate surface area is 112 Å². The summed E-state index contributed by atoms with van der Waals surface area (Å²) in [4.78, 5) is 14.4. The summed E-state index contributed by atoms with van der Waals surface area (Å²) in [6.07, 6.45) is 2.41. The third kappa shape index (κ3) is 2.05. The van der Waals surface area contributed by atoms with Crippen LogP contribution in [0.5, 0.6) is 0 Å². The number of furan rings is 1. The number of hydrogen-bond donors (Lipinski definition) is 0. The lowest BCUT2D eigenvalue weighted by molar-refractivity contribution is 0.0456. The summed E-state index contributed by atoms with van der Waals surface area (Å²) >= 11 is 0. The van der Waals surface area contributed by atoms with E-state index in [0.29, 0.717) is 12.3 Å². The quantitative estimate of drug-likeness (QED) is 0.783. The van der Waals surface area contributed by atoms with Crippen molar-refractivity contribution >= 4 is 5.91 Å². The maximum absolute atomic E-state index is 12.5. The van der Waals surface area contributed by atoms with Crippen molar-refractivity contribution in [3.8, 4) is 0 Å². The number of hydrogen-bond acceptors (Lipinski definition) is 2. The summed E-state index contributed by atoms with van der Waals surface area (Å²) in [6, 6.07) is 11.8. The van der Waals surface area contributed by atoms with Crippen LogP contribution in [0.1, 0.15) is 35.5 Å². The Morgan fingerprint density at radius 1 is 1.16 bits per heavy atom. The molecule has 19 heavy (non-hydrogen) atoms. The van der Waals surface area contributed by atoms with Gasteiger partial charge in [0, 0.05) is 12.1 Å². The van der Waals surface area contributed by atoms with Crippen molar-refractivity contribution in [2.75, 3.05) is 0 Å². The molecule has 0 spiro atoms. The second-order valence-electron chi connectivity index (χ2n) is 5.63. The van der Waals surface area contributed by atoms with Crippen LogP contribution in [-0.2, 0) is 13.0 Å². The number of carbonyl (C=O) groups excluding carboxylic acids is 1. The van der Waals surface area contributed by atoms with E-state index in [9.17, 15) is 4.79 Å². The first-order chi connectivity index (χ1) is 9.08. The maximum atomic E-state index is 12.5. The van der Waals surface area contributed by atoms with Gasteiger partial charge in [0.25, 0.3) is 5.91 Å². The Morgan fingerprint density at radius 2 is 1.89 bits per heavy atom. The standard InChI is InChI=1S/C16H17NO2/c1-16(2)10-12-6-3-4-7-13(12)11-17(16)15(18)14-8-5-9-19-14/h3-9H,10-11H2,1-2H3. The van der Waals surface area contributed by atoms with Crippen molar-refractivity contribution in [3.63, 3.8) is 0 Å². The van der Waals surface area contributed by atoms with Crippen LogP contribution in [0.15, 0.2) is 47.1 Å². The molecule has 98 valence electrons. The van der Waals surface area contributed by atoms with Gasteiger partial charge in [0.2, 0.25) is 0 Å². The third-order valence-electron chi connectivity index (χ3n) is 3.78. The van der Waals surface area contributed by atoms with Gasteiger partial charge in [0.15, 0.2) is 5.76 Å². The molecule has 0 unspecified atom stereocenters. The lowest BCUT2D eigenvalue weighted by atomic mass is 9.85. The van der Waals surface area contributed by atoms with Crippen LogP contribution < -0.4 is 0 Å². The number of rotatable bonds is 1. The average Bonchev–Trinajstić information content (AvgIpc) is 2.90. The molecule has 0 saturated carbocycles. The van der Waals surface area contributed by atoms with Gasteiger partial charge in [-0.2, -0.15) is 0 Å². The zero-order valence-corrected chi connectivity index (χ0v) is 11.2. The first-order valence-corrected chi connectivity index (χ1v) is 6.50. The second kappa shape index (κ2) is 4.26. The Kier molecular flexibility index (Phi) is 2.70. The van der Waals surface area contributed by atoms with E-state index in [1.165, 1.54) is 17.4 Å². The van der Waals surface area contributed by atoms with E-state index in [1.807, 2.05) is 11.0 Å². The van der Waals surface area contributed by atoms with Crippen molar-refractivity contribution < 1.29 is 9.21 Å². The molecule has 3 heteroatoms. The molecule has 1 aliphatic heterocycles. The molecular formula is C16H17NO2. The molecule has 1 aliphatic rings. The van der Waals surface area contributed by atoms with Crippen LogP contribution in [0.2, 0.25) is 0 Å². The molecular weight excluding hydrogens is 238 g/mol. The van der Waals surface area contributed by atoms with E-state index in [2.05, 4.69) is 32.0 Å². The number of amides is 1. The zero-order valence-electron chi connectivity index (χ0n) is 11.2. The van der Waals surface area contributed by atoms with Gasteiger partial charge >= 0.3 is 0 Å². The lowest BCUT2D eigenvalue weighted by Gasteiger charge is -2.42. The lowest BCUT2D eigenvalue weighted by Crippen LogP contribution is -2.51. The van der Waals surface area contributed by atoms with E-state index < -0.39 is 0 Å². The summed E-state index contributed by atoms with van der Waals surface area (Å²) in [5, 5.41) is 0. The van der Waals surface area contributed by atoms with Crippen molar-refractivity contribution in [2.45, 2.75) is 32.4 Å². The number of benzene rings is 1. The normalized spacial score (nSPS) is 17.1. The molecule has 1 aromatic heterocycles. The minimum Gasteiger partial charge on any atom is -0.459 e. The molecule has 0 fully saturated rings. The minimum absolute atomic E-state index is 0.0375. The van der Waals surface area contributed by atoms with Crippen molar-refractivity contribution in [3.05, 3.63) is 59.5 Å². The molecule has 0 aliphatic carbocycles. The fraction of sp³-hybridized carbons (Fsp3) is 0.312. The van der Waals surface area contributed by atoms with Gasteiger partial charge in [0.05, 0.1) is 6.26 Å². The molecule has 0 saturated heterocycles. The topological polar surface area (TPSA) is 33.5 Å². The highest BCUT2D eigenvalue weighted by atomic mass is 16.3. The fourth-order valence-corrected chi connectivity index (χ4v) is 2.71. The van der Waals surface area contributed by atoms with Crippen molar-refractivity contribution in [1.82, 2.24) is 4.90 Å². The SMILES string of the molecule is CC1(C)Cc2ccccc2CN1C(=O)c1ccco1. The van der Waals surface area contributed by atoms with E-state index in [4.69, 9.17) is 4.42 Å². The summed E-state index contributed by atoms with van der Waals surface area (Å²) in [5.74, 6) is 0.372. The molecule has 0 N–H and O–H groups in total. The van der Waals surface area contributed by atoms with Crippen LogP contribution in [0.4, 0.5) is 0 Å². The average molecular weight is 255 g/mol. The van der Waals surface area contributed by atoms with Crippen LogP contribution >= 0.6 is 0 Å². The first-order valence-electron chi connectivity index (χ1n) is 6.50. The van der Waals surface area contributed by atoms with Gasteiger partial charge in [0.1, 0.15) is 0 Å². The summed E-state index contributed by atoms with van der Waals surface area (Å²) in [7, 11) is 0. The van der Waals surface area contributed by atoms with E-state index >= 15 is 0 Å². The number of nitrogens with zero attached hydrogens (tertiary/aromatic N) is 1. The van der Waals surface area contributed by atoms with Gasteiger partial charge in [-0.05, 0) is 43.5 Å². The van der Waals surface area contributed by atoms with Crippen LogP contribution in [0.3, 0.4) is 0 Å². The molecule has 1 aromatic carbocycles. The van der Waals surface area contributed by atoms with Gasteiger partial charge in [-0.1, -0.05) is 24.3 Å². The number of carbonyl (C=O) groups is 1. The molecule has 0 bridgehead atoms. The van der Waals surface area contributed by atoms with Gasteiger partial charge in [-0.3, -0.25) is 4.79 Å². The van der Waals surface area contributed by atoms with E-state index in [0.717, 1.165) is 6.42 Å². The molecule has 3 nitrogen and oxygen atoms in total. The first kappa shape index (κ1) is 12.0. The highest BCUT2D eigenvalue weighted by molar-refractivity contribution is 5.92. The largest absolute Gasteiger partial charge is 0.459 e. The van der Waals surface area contributed by atoms with Gasteiger partial charge in [-0.15, -0.1) is 0 Å². The highest BCUT2D eigenvalue weighted by Gasteiger charge is 2.36. The zero-order chi connectivity index (χ0) is 13.5. The van der Waals surface area contributed by atoms with E-state index in [1.54, 1.807) is 12.1 Å². The minimum atomic E-state index is -0.196. The molecule has 1 amide bonds. The monoisotopic (exact) mass is 255 g/mol. The predicted molar refractivity (Wildman–Crippen MR) is 72.8 cm³/mol. The molecule has 2 aromatic rings. The Hall–Kier alpha value is -2.03.